The van der Waals surface area contributed by atoms with E-state index in [0.29, 0.717) is 19.3 Å². The van der Waals surface area contributed by atoms with Crippen molar-refractivity contribution in [3.8, 4) is 5.75 Å². The summed E-state index contributed by atoms with van der Waals surface area (Å²) in [5.41, 5.74) is -0.211. The van der Waals surface area contributed by atoms with Gasteiger partial charge >= 0.3 is 12.0 Å². The second kappa shape index (κ2) is 9.18. The van der Waals surface area contributed by atoms with E-state index >= 15 is 0 Å². The van der Waals surface area contributed by atoms with Crippen LogP contribution in [0.1, 0.15) is 45.1 Å². The van der Waals surface area contributed by atoms with Crippen molar-refractivity contribution < 1.29 is 29.0 Å². The first kappa shape index (κ1) is 23.6. The Morgan fingerprint density at radius 3 is 2.53 bits per heavy atom. The molecule has 9 heteroatoms. The second-order valence-corrected chi connectivity index (χ2v) is 9.49. The van der Waals surface area contributed by atoms with E-state index in [1.165, 1.54) is 19.2 Å². The number of carbonyl (C=O) groups is 4. The summed E-state index contributed by atoms with van der Waals surface area (Å²) in [5.74, 6) is -1.91. The number of nitrogens with one attached hydrogen (secondary N) is 2. The number of urea groups is 1. The minimum absolute atomic E-state index is 0.00575. The lowest BCUT2D eigenvalue weighted by Gasteiger charge is -2.40. The van der Waals surface area contributed by atoms with Crippen molar-refractivity contribution >= 4 is 23.8 Å². The van der Waals surface area contributed by atoms with Crippen molar-refractivity contribution in [2.75, 3.05) is 20.2 Å². The molecule has 9 nitrogen and oxygen atoms in total. The van der Waals surface area contributed by atoms with Gasteiger partial charge < -0.3 is 20.5 Å². The molecule has 2 atom stereocenters. The maximum absolute atomic E-state index is 13.0. The van der Waals surface area contributed by atoms with Gasteiger partial charge in [0.15, 0.2) is 0 Å². The van der Waals surface area contributed by atoms with Crippen LogP contribution in [0.4, 0.5) is 4.79 Å². The standard InChI is InChI=1S/C23H31N3O6/c1-22(2)9-4-10-23(14-22)20(30)26(21(31)25-23)13-18(28)24-12-16(19(29)32-3)11-15-5-7-17(27)8-6-15/h5-8,16,27H,4,9-14H2,1-3H3,(H,24,28)(H,25,31). The minimum Gasteiger partial charge on any atom is -0.508 e. The summed E-state index contributed by atoms with van der Waals surface area (Å²) < 4.78 is 4.83. The van der Waals surface area contributed by atoms with Gasteiger partial charge in [0.1, 0.15) is 17.8 Å². The maximum Gasteiger partial charge on any atom is 0.325 e. The summed E-state index contributed by atoms with van der Waals surface area (Å²) in [6, 6.07) is 5.85. The Balaban J connectivity index is 1.60. The van der Waals surface area contributed by atoms with Crippen LogP contribution in [0, 0.1) is 11.3 Å². The zero-order valence-electron chi connectivity index (χ0n) is 18.8. The van der Waals surface area contributed by atoms with Gasteiger partial charge in [-0.25, -0.2) is 4.79 Å². The Morgan fingerprint density at radius 1 is 1.22 bits per heavy atom. The van der Waals surface area contributed by atoms with Crippen molar-refractivity contribution in [2.45, 2.75) is 51.5 Å². The van der Waals surface area contributed by atoms with Crippen molar-refractivity contribution in [3.63, 3.8) is 0 Å². The first-order valence-electron chi connectivity index (χ1n) is 10.8. The molecule has 1 aromatic rings. The molecule has 3 rings (SSSR count). The molecule has 1 aromatic carbocycles. The van der Waals surface area contributed by atoms with Crippen LogP contribution in [0.5, 0.6) is 5.75 Å². The molecule has 1 aliphatic heterocycles. The van der Waals surface area contributed by atoms with Gasteiger partial charge in [0.25, 0.3) is 5.91 Å². The number of phenols is 1. The smallest absolute Gasteiger partial charge is 0.325 e. The van der Waals surface area contributed by atoms with Gasteiger partial charge in [0, 0.05) is 6.54 Å². The van der Waals surface area contributed by atoms with E-state index in [2.05, 4.69) is 24.5 Å². The van der Waals surface area contributed by atoms with Gasteiger partial charge in [0.05, 0.1) is 13.0 Å². The number of nitrogens with zero attached hydrogens (tertiary/aromatic N) is 1. The molecule has 174 valence electrons. The Bertz CT molecular complexity index is 897. The molecule has 2 fully saturated rings. The van der Waals surface area contributed by atoms with Gasteiger partial charge in [-0.05, 0) is 48.8 Å². The average molecular weight is 446 g/mol. The fourth-order valence-corrected chi connectivity index (χ4v) is 4.73. The van der Waals surface area contributed by atoms with Crippen LogP contribution >= 0.6 is 0 Å². The van der Waals surface area contributed by atoms with Crippen LogP contribution in [-0.2, 0) is 25.5 Å². The van der Waals surface area contributed by atoms with E-state index in [4.69, 9.17) is 4.74 Å². The Labute approximate surface area is 187 Å². The minimum atomic E-state index is -0.938. The monoisotopic (exact) mass is 445 g/mol. The van der Waals surface area contributed by atoms with E-state index in [1.54, 1.807) is 12.1 Å². The molecule has 32 heavy (non-hydrogen) atoms. The number of carbonyl (C=O) groups excluding carboxylic acids is 4. The molecule has 0 aromatic heterocycles. The molecule has 2 unspecified atom stereocenters. The number of esters is 1. The van der Waals surface area contributed by atoms with Gasteiger partial charge in [0.2, 0.25) is 5.91 Å². The normalized spacial score (nSPS) is 23.0. The van der Waals surface area contributed by atoms with Crippen LogP contribution in [0.2, 0.25) is 0 Å². The number of ether oxygens (including phenoxy) is 1. The van der Waals surface area contributed by atoms with Gasteiger partial charge in [-0.2, -0.15) is 0 Å². The number of benzene rings is 1. The fourth-order valence-electron chi connectivity index (χ4n) is 4.73. The number of aromatic hydroxyl groups is 1. The SMILES string of the molecule is COC(=O)C(CNC(=O)CN1C(=O)NC2(CCCC(C)(C)C2)C1=O)Cc1ccc(O)cc1. The Kier molecular flexibility index (Phi) is 6.76. The summed E-state index contributed by atoms with van der Waals surface area (Å²) >= 11 is 0. The topological polar surface area (TPSA) is 125 Å². The molecule has 1 aliphatic carbocycles. The molecule has 1 saturated heterocycles. The van der Waals surface area contributed by atoms with Gasteiger partial charge in [-0.3, -0.25) is 19.3 Å². The van der Waals surface area contributed by atoms with Crippen LogP contribution in [-0.4, -0.2) is 59.6 Å². The quantitative estimate of drug-likeness (QED) is 0.434. The number of imide groups is 1. The largest absolute Gasteiger partial charge is 0.508 e. The summed E-state index contributed by atoms with van der Waals surface area (Å²) in [6.45, 7) is 3.74. The molecule has 0 bridgehead atoms. The van der Waals surface area contributed by atoms with E-state index in [-0.39, 0.29) is 23.6 Å². The molecule has 4 amide bonds. The highest BCUT2D eigenvalue weighted by Crippen LogP contribution is 2.43. The number of hydrogen-bond acceptors (Lipinski definition) is 6. The van der Waals surface area contributed by atoms with E-state index < -0.39 is 35.9 Å². The van der Waals surface area contributed by atoms with Crippen molar-refractivity contribution in [1.29, 1.82) is 0 Å². The number of amides is 4. The molecule has 1 saturated carbocycles. The third-order valence-electron chi connectivity index (χ3n) is 6.28. The summed E-state index contributed by atoms with van der Waals surface area (Å²) in [5, 5.41) is 14.9. The van der Waals surface area contributed by atoms with Crippen molar-refractivity contribution in [1.82, 2.24) is 15.5 Å². The fraction of sp³-hybridized carbons (Fsp3) is 0.565. The summed E-state index contributed by atoms with van der Waals surface area (Å²) in [7, 11) is 1.27. The number of phenolic OH excluding ortho intramolecular Hbond substituents is 1. The highest BCUT2D eigenvalue weighted by molar-refractivity contribution is 6.09. The Hall–Kier alpha value is -3.10. The highest BCUT2D eigenvalue weighted by Gasteiger charge is 2.54. The first-order chi connectivity index (χ1) is 15.0. The number of hydrogen-bond donors (Lipinski definition) is 3. The summed E-state index contributed by atoms with van der Waals surface area (Å²) in [4.78, 5) is 51.2. The molecule has 1 heterocycles. The molecular formula is C23H31N3O6. The number of methoxy groups -OCH3 is 1. The third-order valence-corrected chi connectivity index (χ3v) is 6.28. The lowest BCUT2D eigenvalue weighted by atomic mass is 9.68. The van der Waals surface area contributed by atoms with E-state index in [1.807, 2.05) is 0 Å². The van der Waals surface area contributed by atoms with Gasteiger partial charge in [-0.1, -0.05) is 32.4 Å². The third kappa shape index (κ3) is 5.20. The molecule has 3 N–H and O–H groups in total. The summed E-state index contributed by atoms with van der Waals surface area (Å²) in [6.07, 6.45) is 3.22. The zero-order valence-corrected chi connectivity index (χ0v) is 18.8. The Morgan fingerprint density at radius 2 is 1.91 bits per heavy atom. The second-order valence-electron chi connectivity index (χ2n) is 9.49. The molecule has 1 spiro atoms. The molecule has 2 aliphatic rings. The van der Waals surface area contributed by atoms with E-state index in [0.717, 1.165) is 23.3 Å². The predicted molar refractivity (Wildman–Crippen MR) is 116 cm³/mol. The van der Waals surface area contributed by atoms with Gasteiger partial charge in [-0.15, -0.1) is 0 Å². The van der Waals surface area contributed by atoms with Crippen LogP contribution in [0.3, 0.4) is 0 Å². The van der Waals surface area contributed by atoms with Crippen molar-refractivity contribution in [3.05, 3.63) is 29.8 Å². The van der Waals surface area contributed by atoms with Crippen LogP contribution < -0.4 is 10.6 Å². The predicted octanol–water partition coefficient (Wildman–Crippen LogP) is 1.73. The van der Waals surface area contributed by atoms with Crippen molar-refractivity contribution in [2.24, 2.45) is 11.3 Å². The highest BCUT2D eigenvalue weighted by atomic mass is 16.5. The first-order valence-corrected chi connectivity index (χ1v) is 10.8. The zero-order chi connectivity index (χ0) is 23.5. The lowest BCUT2D eigenvalue weighted by Crippen LogP contribution is -2.52. The van der Waals surface area contributed by atoms with Crippen LogP contribution in [0.25, 0.3) is 0 Å². The molecule has 0 radical (unpaired) electrons. The van der Waals surface area contributed by atoms with E-state index in [9.17, 15) is 24.3 Å². The van der Waals surface area contributed by atoms with Crippen LogP contribution in [0.15, 0.2) is 24.3 Å². The lowest BCUT2D eigenvalue weighted by molar-refractivity contribution is -0.145. The molecular weight excluding hydrogens is 414 g/mol. The number of rotatable bonds is 7. The maximum atomic E-state index is 13.0. The average Bonchev–Trinajstić information content (AvgIpc) is 2.94.